The molecule has 1 aliphatic carbocycles. The van der Waals surface area contributed by atoms with Crippen LogP contribution in [0.4, 0.5) is 0 Å². The number of hydrogen-bond acceptors (Lipinski definition) is 14. The molecule has 2 rings (SSSR count). The van der Waals surface area contributed by atoms with E-state index in [1.807, 2.05) is 0 Å². The molecule has 2 aliphatic rings. The first-order chi connectivity index (χ1) is 21.3. The van der Waals surface area contributed by atoms with Gasteiger partial charge in [0.1, 0.15) is 6.73 Å². The summed E-state index contributed by atoms with van der Waals surface area (Å²) in [7, 11) is 0. The average Bonchev–Trinajstić information content (AvgIpc) is 3.26. The van der Waals surface area contributed by atoms with Gasteiger partial charge in [0, 0.05) is 51.1 Å². The summed E-state index contributed by atoms with van der Waals surface area (Å²) in [6.07, 6.45) is 2.15. The topological polar surface area (TPSA) is 252 Å². The van der Waals surface area contributed by atoms with Crippen molar-refractivity contribution in [2.75, 3.05) is 65.6 Å². The van der Waals surface area contributed by atoms with Crippen LogP contribution in [0.5, 0.6) is 0 Å². The van der Waals surface area contributed by atoms with Gasteiger partial charge in [-0.25, -0.2) is 4.79 Å². The SMILES string of the molecule is O=COCN(CCN(CC(=O)O)CC(=O)O)C1CCCCC1N(CCN(CC(=O)O)CC(=O)O)CC(=O)ON1C(=O)CCC1=O. The van der Waals surface area contributed by atoms with Crippen LogP contribution >= 0.6 is 0 Å². The number of carbonyl (C=O) groups excluding carboxylic acids is 4. The number of imide groups is 1. The standard InChI is InChI=1S/C26H39N5O14/c32-17-44-16-30(10-8-28(13-24(39)40)14-25(41)42)19-4-2-1-3-18(19)29(9-7-27(11-22(35)36)12-23(37)38)15-26(43)45-31-20(33)5-6-21(31)34/h17-19H,1-16H2,(H,35,36)(H,37,38)(H,39,40)(H,41,42). The van der Waals surface area contributed by atoms with E-state index in [1.54, 1.807) is 9.80 Å². The molecule has 2 amide bonds. The van der Waals surface area contributed by atoms with Gasteiger partial charge in [-0.1, -0.05) is 12.8 Å². The van der Waals surface area contributed by atoms with Crippen molar-refractivity contribution in [2.45, 2.75) is 50.6 Å². The summed E-state index contributed by atoms with van der Waals surface area (Å²) in [6, 6.07) is -0.958. The highest BCUT2D eigenvalue weighted by atomic mass is 16.7. The molecule has 19 nitrogen and oxygen atoms in total. The number of carbonyl (C=O) groups is 8. The van der Waals surface area contributed by atoms with E-state index in [9.17, 15) is 58.8 Å². The Bertz CT molecular complexity index is 1060. The molecule has 1 saturated heterocycles. The molecule has 0 aromatic heterocycles. The maximum Gasteiger partial charge on any atom is 0.347 e. The molecular formula is C26H39N5O14. The zero-order chi connectivity index (χ0) is 33.5. The monoisotopic (exact) mass is 645 g/mol. The second-order valence-electron chi connectivity index (χ2n) is 10.6. The minimum atomic E-state index is -1.27. The quantitative estimate of drug-likeness (QED) is 0.0543. The Hall–Kier alpha value is -4.20. The highest BCUT2D eigenvalue weighted by molar-refractivity contribution is 6.01. The summed E-state index contributed by atoms with van der Waals surface area (Å²) in [4.78, 5) is 104. The number of rotatable bonds is 22. The van der Waals surface area contributed by atoms with Gasteiger partial charge in [-0.15, -0.1) is 5.06 Å². The lowest BCUT2D eigenvalue weighted by atomic mass is 9.88. The van der Waals surface area contributed by atoms with Gasteiger partial charge in [0.05, 0.1) is 32.7 Å². The van der Waals surface area contributed by atoms with E-state index in [0.717, 1.165) is 4.90 Å². The molecule has 19 heteroatoms. The summed E-state index contributed by atoms with van der Waals surface area (Å²) < 4.78 is 5.01. The van der Waals surface area contributed by atoms with Gasteiger partial charge in [0.25, 0.3) is 18.3 Å². The molecule has 2 fully saturated rings. The van der Waals surface area contributed by atoms with Crippen LogP contribution in [0.2, 0.25) is 0 Å². The van der Waals surface area contributed by atoms with Gasteiger partial charge in [-0.05, 0) is 12.8 Å². The number of carboxylic acids is 4. The molecule has 0 spiro atoms. The molecule has 4 N–H and O–H groups in total. The third-order valence-electron chi connectivity index (χ3n) is 7.31. The number of ether oxygens (including phenoxy) is 1. The van der Waals surface area contributed by atoms with E-state index in [0.29, 0.717) is 30.7 Å². The van der Waals surface area contributed by atoms with Crippen molar-refractivity contribution in [3.05, 3.63) is 0 Å². The van der Waals surface area contributed by atoms with E-state index in [-0.39, 0.29) is 52.2 Å². The van der Waals surface area contributed by atoms with Gasteiger partial charge in [-0.3, -0.25) is 53.2 Å². The van der Waals surface area contributed by atoms with E-state index >= 15 is 0 Å². The largest absolute Gasteiger partial charge is 0.480 e. The first kappa shape index (κ1) is 37.0. The highest BCUT2D eigenvalue weighted by Gasteiger charge is 2.38. The number of carboxylic acid groups (broad SMARTS) is 4. The predicted molar refractivity (Wildman–Crippen MR) is 147 cm³/mol. The number of hydroxylamine groups is 2. The molecule has 1 aliphatic heterocycles. The molecule has 2 unspecified atom stereocenters. The van der Waals surface area contributed by atoms with Crippen LogP contribution in [-0.2, 0) is 47.9 Å². The molecule has 1 heterocycles. The Labute approximate surface area is 257 Å². The molecule has 0 bridgehead atoms. The highest BCUT2D eigenvalue weighted by Crippen LogP contribution is 2.28. The second kappa shape index (κ2) is 18.6. The fraction of sp³-hybridized carbons (Fsp3) is 0.692. The van der Waals surface area contributed by atoms with Crippen LogP contribution < -0.4 is 0 Å². The smallest absolute Gasteiger partial charge is 0.347 e. The lowest BCUT2D eigenvalue weighted by molar-refractivity contribution is -0.198. The van der Waals surface area contributed by atoms with Crippen LogP contribution in [0.15, 0.2) is 0 Å². The first-order valence-corrected chi connectivity index (χ1v) is 14.2. The molecule has 45 heavy (non-hydrogen) atoms. The fourth-order valence-corrected chi connectivity index (χ4v) is 5.45. The minimum absolute atomic E-state index is 0.0315. The second-order valence-corrected chi connectivity index (χ2v) is 10.6. The zero-order valence-electron chi connectivity index (χ0n) is 24.7. The average molecular weight is 646 g/mol. The Morgan fingerprint density at radius 1 is 0.689 bits per heavy atom. The summed E-state index contributed by atoms with van der Waals surface area (Å²) in [5.74, 6) is -7.36. The molecule has 0 aromatic rings. The van der Waals surface area contributed by atoms with Crippen molar-refractivity contribution in [2.24, 2.45) is 0 Å². The predicted octanol–water partition coefficient (Wildman–Crippen LogP) is -2.42. The summed E-state index contributed by atoms with van der Waals surface area (Å²) in [5, 5.41) is 37.3. The lowest BCUT2D eigenvalue weighted by Gasteiger charge is -2.45. The molecule has 2 atom stereocenters. The maximum absolute atomic E-state index is 13.0. The lowest BCUT2D eigenvalue weighted by Crippen LogP contribution is -2.57. The van der Waals surface area contributed by atoms with Crippen LogP contribution in [0, 0.1) is 0 Å². The van der Waals surface area contributed by atoms with Gasteiger partial charge >= 0.3 is 29.8 Å². The number of nitrogens with zero attached hydrogens (tertiary/aromatic N) is 5. The zero-order valence-corrected chi connectivity index (χ0v) is 24.7. The molecular weight excluding hydrogens is 606 g/mol. The van der Waals surface area contributed by atoms with Crippen molar-refractivity contribution in [3.8, 4) is 0 Å². The van der Waals surface area contributed by atoms with Crippen molar-refractivity contribution in [1.82, 2.24) is 24.7 Å². The van der Waals surface area contributed by atoms with Crippen molar-refractivity contribution < 1.29 is 68.4 Å². The van der Waals surface area contributed by atoms with Gasteiger partial charge in [-0.2, -0.15) is 0 Å². The third kappa shape index (κ3) is 13.1. The maximum atomic E-state index is 13.0. The summed E-state index contributed by atoms with van der Waals surface area (Å²) in [5.41, 5.74) is 0. The molecule has 0 aromatic carbocycles. The van der Waals surface area contributed by atoms with E-state index in [2.05, 4.69) is 0 Å². The van der Waals surface area contributed by atoms with Gasteiger partial charge in [0.15, 0.2) is 0 Å². The van der Waals surface area contributed by atoms with E-state index < -0.39 is 86.5 Å². The first-order valence-electron chi connectivity index (χ1n) is 14.2. The normalized spacial score (nSPS) is 18.5. The van der Waals surface area contributed by atoms with E-state index in [1.165, 1.54) is 4.90 Å². The number of hydrogen-bond donors (Lipinski definition) is 4. The number of aliphatic carboxylic acids is 4. The van der Waals surface area contributed by atoms with Crippen LogP contribution in [-0.4, -0.2) is 171 Å². The van der Waals surface area contributed by atoms with Crippen LogP contribution in [0.3, 0.4) is 0 Å². The van der Waals surface area contributed by atoms with Crippen molar-refractivity contribution in [3.63, 3.8) is 0 Å². The fourth-order valence-electron chi connectivity index (χ4n) is 5.45. The van der Waals surface area contributed by atoms with Gasteiger partial charge in [0.2, 0.25) is 0 Å². The Balaban J connectivity index is 2.34. The van der Waals surface area contributed by atoms with Crippen LogP contribution in [0.25, 0.3) is 0 Å². The molecule has 0 radical (unpaired) electrons. The Morgan fingerprint density at radius 2 is 1.11 bits per heavy atom. The number of amides is 2. The molecule has 1 saturated carbocycles. The van der Waals surface area contributed by atoms with Crippen LogP contribution in [0.1, 0.15) is 38.5 Å². The third-order valence-corrected chi connectivity index (χ3v) is 7.31. The Kier molecular flexibility index (Phi) is 15.3. The minimum Gasteiger partial charge on any atom is -0.480 e. The van der Waals surface area contributed by atoms with Crippen molar-refractivity contribution in [1.29, 1.82) is 0 Å². The molecule has 252 valence electrons. The van der Waals surface area contributed by atoms with Crippen molar-refractivity contribution >= 4 is 48.1 Å². The van der Waals surface area contributed by atoms with Gasteiger partial charge < -0.3 is 30.0 Å². The Morgan fingerprint density at radius 3 is 1.53 bits per heavy atom. The summed E-state index contributed by atoms with van der Waals surface area (Å²) >= 11 is 0. The summed E-state index contributed by atoms with van der Waals surface area (Å²) in [6.45, 7) is -2.93. The van der Waals surface area contributed by atoms with E-state index in [4.69, 9.17) is 9.57 Å².